The predicted octanol–water partition coefficient (Wildman–Crippen LogP) is 2.92. The molecule has 0 atom stereocenters. The molecular weight excluding hydrogens is 372 g/mol. The number of hydrogen-bond donors (Lipinski definition) is 2. The maximum atomic E-state index is 12.2. The molecule has 0 unspecified atom stereocenters. The van der Waals surface area contributed by atoms with Crippen molar-refractivity contribution in [3.05, 3.63) is 58.7 Å². The molecule has 2 rings (SSSR count). The van der Waals surface area contributed by atoms with Crippen LogP contribution in [0, 0.1) is 20.8 Å². The van der Waals surface area contributed by atoms with Gasteiger partial charge in [-0.25, -0.2) is 0 Å². The van der Waals surface area contributed by atoms with E-state index in [4.69, 9.17) is 9.47 Å². The summed E-state index contributed by atoms with van der Waals surface area (Å²) < 4.78 is 10.3. The molecule has 0 bridgehead atoms. The van der Waals surface area contributed by atoms with E-state index >= 15 is 0 Å². The Morgan fingerprint density at radius 3 is 2.31 bits per heavy atom. The summed E-state index contributed by atoms with van der Waals surface area (Å²) in [4.78, 5) is 36.2. The lowest BCUT2D eigenvalue weighted by Gasteiger charge is -2.13. The molecule has 2 aromatic rings. The van der Waals surface area contributed by atoms with E-state index in [9.17, 15) is 14.4 Å². The van der Waals surface area contributed by atoms with Gasteiger partial charge < -0.3 is 20.1 Å². The molecule has 0 aliphatic carbocycles. The van der Waals surface area contributed by atoms with Gasteiger partial charge in [0.25, 0.3) is 11.8 Å². The molecule has 2 N–H and O–H groups in total. The fraction of sp³-hybridized carbons (Fsp3) is 0.318. The first-order valence-electron chi connectivity index (χ1n) is 9.35. The number of aryl methyl sites for hydroxylation is 3. The number of benzene rings is 2. The fourth-order valence-electron chi connectivity index (χ4n) is 2.93. The summed E-state index contributed by atoms with van der Waals surface area (Å²) >= 11 is 0. The van der Waals surface area contributed by atoms with E-state index in [1.165, 1.54) is 0 Å². The van der Waals surface area contributed by atoms with E-state index in [0.29, 0.717) is 23.6 Å². The molecular formula is C22H26N2O5. The van der Waals surface area contributed by atoms with Crippen LogP contribution in [0.25, 0.3) is 0 Å². The Morgan fingerprint density at radius 2 is 1.66 bits per heavy atom. The molecule has 0 spiro atoms. The number of nitrogens with one attached hydrogen (secondary N) is 2. The molecule has 0 fully saturated rings. The van der Waals surface area contributed by atoms with E-state index in [-0.39, 0.29) is 6.54 Å². The average Bonchev–Trinajstić information content (AvgIpc) is 2.68. The summed E-state index contributed by atoms with van der Waals surface area (Å²) in [6.07, 6.45) is 0. The highest BCUT2D eigenvalue weighted by atomic mass is 16.5. The molecule has 0 saturated carbocycles. The standard InChI is InChI=1S/C22H26N2O5/c1-5-28-18-9-7-6-8-17(18)22(27)23-12-20(26)29-13-19(25)24-21-15(3)10-14(2)11-16(21)4/h6-11H,5,12-13H2,1-4H3,(H,23,27)(H,24,25). The van der Waals surface area contributed by atoms with Crippen molar-refractivity contribution in [1.82, 2.24) is 5.32 Å². The Balaban J connectivity index is 1.83. The second-order valence-corrected chi connectivity index (χ2v) is 6.59. The van der Waals surface area contributed by atoms with Crippen molar-refractivity contribution >= 4 is 23.5 Å². The first-order valence-corrected chi connectivity index (χ1v) is 9.35. The van der Waals surface area contributed by atoms with Crippen LogP contribution in [0.1, 0.15) is 34.0 Å². The van der Waals surface area contributed by atoms with Crippen LogP contribution in [0.4, 0.5) is 5.69 Å². The van der Waals surface area contributed by atoms with Crippen LogP contribution in [-0.2, 0) is 14.3 Å². The van der Waals surface area contributed by atoms with Crippen LogP contribution in [0.5, 0.6) is 5.75 Å². The van der Waals surface area contributed by atoms with E-state index in [1.54, 1.807) is 24.3 Å². The van der Waals surface area contributed by atoms with Gasteiger partial charge in [-0.15, -0.1) is 0 Å². The normalized spacial score (nSPS) is 10.2. The van der Waals surface area contributed by atoms with Crippen molar-refractivity contribution in [2.45, 2.75) is 27.7 Å². The summed E-state index contributed by atoms with van der Waals surface area (Å²) in [6, 6.07) is 10.7. The van der Waals surface area contributed by atoms with Crippen LogP contribution in [0.3, 0.4) is 0 Å². The molecule has 2 amide bonds. The third kappa shape index (κ3) is 6.34. The van der Waals surface area contributed by atoms with Crippen molar-refractivity contribution in [1.29, 1.82) is 0 Å². The highest BCUT2D eigenvalue weighted by Gasteiger charge is 2.15. The zero-order chi connectivity index (χ0) is 21.4. The first kappa shape index (κ1) is 21.9. The number of carbonyl (C=O) groups excluding carboxylic acids is 3. The molecule has 29 heavy (non-hydrogen) atoms. The fourth-order valence-corrected chi connectivity index (χ4v) is 2.93. The van der Waals surface area contributed by atoms with Crippen LogP contribution in [0.2, 0.25) is 0 Å². The molecule has 0 saturated heterocycles. The van der Waals surface area contributed by atoms with Crippen molar-refractivity contribution in [2.24, 2.45) is 0 Å². The van der Waals surface area contributed by atoms with E-state index in [2.05, 4.69) is 10.6 Å². The number of rotatable bonds is 8. The Kier molecular flexibility index (Phi) is 7.77. The average molecular weight is 398 g/mol. The van der Waals surface area contributed by atoms with Gasteiger partial charge in [0.15, 0.2) is 6.61 Å². The maximum absolute atomic E-state index is 12.2. The van der Waals surface area contributed by atoms with Gasteiger partial charge in [-0.1, -0.05) is 29.8 Å². The van der Waals surface area contributed by atoms with E-state index in [1.807, 2.05) is 39.8 Å². The largest absolute Gasteiger partial charge is 0.493 e. The van der Waals surface area contributed by atoms with E-state index in [0.717, 1.165) is 16.7 Å². The van der Waals surface area contributed by atoms with Gasteiger partial charge >= 0.3 is 5.97 Å². The van der Waals surface area contributed by atoms with Gasteiger partial charge in [0.2, 0.25) is 0 Å². The summed E-state index contributed by atoms with van der Waals surface area (Å²) in [5.74, 6) is -1.17. The Hall–Kier alpha value is -3.35. The van der Waals surface area contributed by atoms with Gasteiger partial charge in [0.05, 0.1) is 12.2 Å². The van der Waals surface area contributed by atoms with Gasteiger partial charge in [-0.2, -0.15) is 0 Å². The van der Waals surface area contributed by atoms with Crippen LogP contribution < -0.4 is 15.4 Å². The predicted molar refractivity (Wildman–Crippen MR) is 110 cm³/mol. The highest BCUT2D eigenvalue weighted by Crippen LogP contribution is 2.21. The smallest absolute Gasteiger partial charge is 0.325 e. The lowest BCUT2D eigenvalue weighted by atomic mass is 10.1. The number of ether oxygens (including phenoxy) is 2. The monoisotopic (exact) mass is 398 g/mol. The molecule has 7 nitrogen and oxygen atoms in total. The number of amides is 2. The maximum Gasteiger partial charge on any atom is 0.325 e. The Morgan fingerprint density at radius 1 is 1.00 bits per heavy atom. The van der Waals surface area contributed by atoms with Crippen molar-refractivity contribution in [3.63, 3.8) is 0 Å². The van der Waals surface area contributed by atoms with Crippen LogP contribution in [-0.4, -0.2) is 37.5 Å². The highest BCUT2D eigenvalue weighted by molar-refractivity contribution is 5.98. The molecule has 0 radical (unpaired) electrons. The molecule has 7 heteroatoms. The summed E-state index contributed by atoms with van der Waals surface area (Å²) in [7, 11) is 0. The topological polar surface area (TPSA) is 93.7 Å². The molecule has 0 aliphatic rings. The van der Waals surface area contributed by atoms with Crippen molar-refractivity contribution in [3.8, 4) is 5.75 Å². The number of hydrogen-bond acceptors (Lipinski definition) is 5. The third-order valence-electron chi connectivity index (χ3n) is 4.13. The van der Waals surface area contributed by atoms with Gasteiger partial charge in [-0.3, -0.25) is 14.4 Å². The lowest BCUT2D eigenvalue weighted by molar-refractivity contribution is -0.146. The minimum Gasteiger partial charge on any atom is -0.493 e. The molecule has 154 valence electrons. The zero-order valence-electron chi connectivity index (χ0n) is 17.1. The van der Waals surface area contributed by atoms with Gasteiger partial charge in [0, 0.05) is 5.69 Å². The van der Waals surface area contributed by atoms with Crippen molar-refractivity contribution < 1.29 is 23.9 Å². The summed E-state index contributed by atoms with van der Waals surface area (Å²) in [5.41, 5.74) is 4.00. The second-order valence-electron chi connectivity index (χ2n) is 6.59. The zero-order valence-corrected chi connectivity index (χ0v) is 17.1. The van der Waals surface area contributed by atoms with Crippen LogP contribution in [0.15, 0.2) is 36.4 Å². The van der Waals surface area contributed by atoms with Gasteiger partial charge in [-0.05, 0) is 51.0 Å². The number of esters is 1. The molecule has 0 heterocycles. The number of para-hydroxylation sites is 1. The first-order chi connectivity index (χ1) is 13.8. The number of anilines is 1. The van der Waals surface area contributed by atoms with E-state index < -0.39 is 24.4 Å². The lowest BCUT2D eigenvalue weighted by Crippen LogP contribution is -2.32. The summed E-state index contributed by atoms with van der Waals surface area (Å²) in [6.45, 7) is 7.23. The summed E-state index contributed by atoms with van der Waals surface area (Å²) in [5, 5.41) is 5.22. The van der Waals surface area contributed by atoms with Gasteiger partial charge in [0.1, 0.15) is 12.3 Å². The quantitative estimate of drug-likeness (QED) is 0.667. The molecule has 2 aromatic carbocycles. The molecule has 0 aromatic heterocycles. The Bertz CT molecular complexity index is 885. The minimum absolute atomic E-state index is 0.324. The second kappa shape index (κ2) is 10.3. The SMILES string of the molecule is CCOc1ccccc1C(=O)NCC(=O)OCC(=O)Nc1c(C)cc(C)cc1C. The number of carbonyl (C=O) groups is 3. The van der Waals surface area contributed by atoms with Crippen LogP contribution >= 0.6 is 0 Å². The Labute approximate surface area is 170 Å². The minimum atomic E-state index is -0.709. The molecule has 0 aliphatic heterocycles. The third-order valence-corrected chi connectivity index (χ3v) is 4.13. The van der Waals surface area contributed by atoms with Crippen molar-refractivity contribution in [2.75, 3.05) is 25.1 Å².